The number of carbonyl (C=O) groups excluding carboxylic acids is 2. The molecule has 126 valence electrons. The lowest BCUT2D eigenvalue weighted by Gasteiger charge is -2.26. The van der Waals surface area contributed by atoms with Crippen LogP contribution in [-0.2, 0) is 9.59 Å². The third-order valence-electron chi connectivity index (χ3n) is 4.45. The zero-order valence-corrected chi connectivity index (χ0v) is 16.0. The lowest BCUT2D eigenvalue weighted by Crippen LogP contribution is -2.33. The molecule has 1 fully saturated rings. The number of nitrogens with zero attached hydrogens (tertiary/aromatic N) is 1. The van der Waals surface area contributed by atoms with Gasteiger partial charge in [0.1, 0.15) is 5.78 Å². The zero-order valence-electron chi connectivity index (χ0n) is 13.6. The first-order chi connectivity index (χ1) is 11.4. The molecule has 6 heteroatoms. The second kappa shape index (κ2) is 7.15. The molecule has 1 aliphatic rings. The largest absolute Gasteiger partial charge is 0.302 e. The summed E-state index contributed by atoms with van der Waals surface area (Å²) in [7, 11) is 0. The summed E-state index contributed by atoms with van der Waals surface area (Å²) in [6, 6.07) is 7.97. The summed E-state index contributed by atoms with van der Waals surface area (Å²) < 4.78 is 1.02. The van der Waals surface area contributed by atoms with Crippen LogP contribution in [0.2, 0.25) is 0 Å². The Kier molecular flexibility index (Phi) is 5.15. The number of rotatable bonds is 3. The molecule has 1 aromatic heterocycles. The number of aromatic nitrogens is 1. The Labute approximate surface area is 153 Å². The fraction of sp³-hybridized carbons (Fsp3) is 0.389. The van der Waals surface area contributed by atoms with Crippen LogP contribution in [0, 0.1) is 18.8 Å². The Balaban J connectivity index is 1.74. The Bertz CT molecular complexity index is 770. The number of anilines is 1. The van der Waals surface area contributed by atoms with Crippen molar-refractivity contribution in [2.24, 2.45) is 11.8 Å². The van der Waals surface area contributed by atoms with Gasteiger partial charge in [0.2, 0.25) is 5.91 Å². The van der Waals surface area contributed by atoms with Crippen LogP contribution in [-0.4, -0.2) is 16.7 Å². The van der Waals surface area contributed by atoms with E-state index in [1.165, 1.54) is 11.3 Å². The number of Topliss-reactive ketones (excluding diaryl/α,β-unsaturated/α-hetero) is 1. The molecule has 0 aliphatic heterocycles. The van der Waals surface area contributed by atoms with E-state index in [1.54, 1.807) is 0 Å². The summed E-state index contributed by atoms with van der Waals surface area (Å²) >= 11 is 4.92. The minimum absolute atomic E-state index is 0.0221. The number of ketones is 1. The molecule has 1 amide bonds. The minimum Gasteiger partial charge on any atom is -0.302 e. The number of thiazole rings is 1. The first-order valence-electron chi connectivity index (χ1n) is 8.00. The minimum atomic E-state index is -0.108. The number of nitrogens with one attached hydrogen (secondary N) is 1. The van der Waals surface area contributed by atoms with Gasteiger partial charge in [-0.05, 0) is 31.4 Å². The quantitative estimate of drug-likeness (QED) is 0.793. The van der Waals surface area contributed by atoms with E-state index < -0.39 is 0 Å². The Morgan fingerprint density at radius 1 is 1.33 bits per heavy atom. The van der Waals surface area contributed by atoms with Crippen LogP contribution in [0.3, 0.4) is 0 Å². The number of carbonyl (C=O) groups is 2. The van der Waals surface area contributed by atoms with Crippen LogP contribution in [0.5, 0.6) is 0 Å². The van der Waals surface area contributed by atoms with Crippen LogP contribution in [0.1, 0.15) is 31.1 Å². The molecule has 4 nitrogen and oxygen atoms in total. The zero-order chi connectivity index (χ0) is 17.3. The highest BCUT2D eigenvalue weighted by atomic mass is 79.9. The number of amides is 1. The summed E-state index contributed by atoms with van der Waals surface area (Å²) in [6.07, 6.45) is 1.64. The number of hydrogen-bond acceptors (Lipinski definition) is 4. The summed E-state index contributed by atoms with van der Waals surface area (Å²) in [5, 5.41) is 3.57. The van der Waals surface area contributed by atoms with E-state index in [0.717, 1.165) is 20.6 Å². The second-order valence-electron chi connectivity index (χ2n) is 6.29. The van der Waals surface area contributed by atoms with E-state index in [0.29, 0.717) is 24.4 Å². The van der Waals surface area contributed by atoms with Gasteiger partial charge in [0.25, 0.3) is 0 Å². The molecule has 0 bridgehead atoms. The third kappa shape index (κ3) is 3.75. The second-order valence-corrected chi connectivity index (χ2v) is 8.40. The molecule has 1 saturated carbocycles. The predicted octanol–water partition coefficient (Wildman–Crippen LogP) is 4.82. The molecule has 0 radical (unpaired) electrons. The first kappa shape index (κ1) is 17.3. The van der Waals surface area contributed by atoms with Crippen molar-refractivity contribution < 1.29 is 9.59 Å². The van der Waals surface area contributed by atoms with Gasteiger partial charge < -0.3 is 5.32 Å². The number of halogens is 1. The maximum absolute atomic E-state index is 12.5. The molecular formula is C18H19BrN2O2S. The number of benzene rings is 1. The van der Waals surface area contributed by atoms with Gasteiger partial charge in [-0.25, -0.2) is 4.98 Å². The fourth-order valence-corrected chi connectivity index (χ4v) is 4.22. The number of hydrogen-bond donors (Lipinski definition) is 1. The van der Waals surface area contributed by atoms with Crippen molar-refractivity contribution in [1.29, 1.82) is 0 Å². The van der Waals surface area contributed by atoms with Gasteiger partial charge in [-0.1, -0.05) is 35.0 Å². The van der Waals surface area contributed by atoms with Crippen LogP contribution in [0.25, 0.3) is 11.3 Å². The van der Waals surface area contributed by atoms with Crippen LogP contribution >= 0.6 is 27.3 Å². The average molecular weight is 407 g/mol. The Morgan fingerprint density at radius 3 is 2.71 bits per heavy atom. The lowest BCUT2D eigenvalue weighted by molar-refractivity contribution is -0.127. The van der Waals surface area contributed by atoms with Gasteiger partial charge >= 0.3 is 0 Å². The molecule has 1 aromatic carbocycles. The van der Waals surface area contributed by atoms with E-state index in [4.69, 9.17) is 0 Å². The third-order valence-corrected chi connectivity index (χ3v) is 5.87. The molecule has 2 aromatic rings. The molecule has 2 atom stereocenters. The van der Waals surface area contributed by atoms with Crippen LogP contribution in [0.15, 0.2) is 28.7 Å². The smallest absolute Gasteiger partial charge is 0.229 e. The van der Waals surface area contributed by atoms with Gasteiger partial charge in [-0.2, -0.15) is 0 Å². The van der Waals surface area contributed by atoms with Crippen molar-refractivity contribution in [3.05, 3.63) is 33.6 Å². The lowest BCUT2D eigenvalue weighted by atomic mass is 9.79. The van der Waals surface area contributed by atoms with E-state index in [2.05, 4.69) is 26.2 Å². The van der Waals surface area contributed by atoms with Crippen molar-refractivity contribution in [2.45, 2.75) is 33.1 Å². The van der Waals surface area contributed by atoms with Crippen molar-refractivity contribution in [3.8, 4) is 11.3 Å². The molecule has 3 rings (SSSR count). The predicted molar refractivity (Wildman–Crippen MR) is 100 cm³/mol. The van der Waals surface area contributed by atoms with Gasteiger partial charge in [0.05, 0.1) is 5.69 Å². The highest BCUT2D eigenvalue weighted by Gasteiger charge is 2.31. The first-order valence-corrected chi connectivity index (χ1v) is 9.61. The Hall–Kier alpha value is -1.53. The van der Waals surface area contributed by atoms with Crippen molar-refractivity contribution >= 4 is 44.1 Å². The Morgan fingerprint density at radius 2 is 2.04 bits per heavy atom. The molecule has 0 saturated heterocycles. The molecular weight excluding hydrogens is 388 g/mol. The standard InChI is InChI=1S/C18H19BrN2O2S/c1-10-9-14(22)7-8-15(10)17(23)21-18-20-16(11(2)24-18)12-3-5-13(19)6-4-12/h3-6,10,15H,7-9H2,1-2H3,(H,20,21,23)/t10-,15+/m1/s1. The molecule has 0 unspecified atom stereocenters. The molecule has 1 heterocycles. The summed E-state index contributed by atoms with van der Waals surface area (Å²) in [6.45, 7) is 3.98. The normalized spacial score (nSPS) is 20.9. The topological polar surface area (TPSA) is 59.1 Å². The summed E-state index contributed by atoms with van der Waals surface area (Å²) in [4.78, 5) is 29.7. The van der Waals surface area contributed by atoms with Crippen molar-refractivity contribution in [3.63, 3.8) is 0 Å². The van der Waals surface area contributed by atoms with Gasteiger partial charge in [-0.3, -0.25) is 9.59 Å². The average Bonchev–Trinajstić information content (AvgIpc) is 2.88. The molecule has 0 spiro atoms. The van der Waals surface area contributed by atoms with Crippen molar-refractivity contribution in [2.75, 3.05) is 5.32 Å². The van der Waals surface area contributed by atoms with Gasteiger partial charge in [0, 0.05) is 33.7 Å². The van der Waals surface area contributed by atoms with Crippen LogP contribution in [0.4, 0.5) is 5.13 Å². The van der Waals surface area contributed by atoms with E-state index >= 15 is 0 Å². The van der Waals surface area contributed by atoms with Crippen molar-refractivity contribution in [1.82, 2.24) is 4.98 Å². The monoisotopic (exact) mass is 406 g/mol. The van der Waals surface area contributed by atoms with Gasteiger partial charge in [-0.15, -0.1) is 11.3 Å². The molecule has 24 heavy (non-hydrogen) atoms. The van der Waals surface area contributed by atoms with E-state index in [9.17, 15) is 9.59 Å². The summed E-state index contributed by atoms with van der Waals surface area (Å²) in [5.74, 6) is 0.224. The fourth-order valence-electron chi connectivity index (χ4n) is 3.12. The number of aryl methyl sites for hydroxylation is 1. The maximum atomic E-state index is 12.5. The molecule has 1 N–H and O–H groups in total. The van der Waals surface area contributed by atoms with Crippen LogP contribution < -0.4 is 5.32 Å². The van der Waals surface area contributed by atoms with E-state index in [1.807, 2.05) is 38.1 Å². The highest BCUT2D eigenvalue weighted by molar-refractivity contribution is 9.10. The maximum Gasteiger partial charge on any atom is 0.229 e. The SMILES string of the molecule is Cc1sc(NC(=O)[C@H]2CCC(=O)C[C@H]2C)nc1-c1ccc(Br)cc1. The van der Waals surface area contributed by atoms with E-state index in [-0.39, 0.29) is 23.5 Å². The van der Waals surface area contributed by atoms with Gasteiger partial charge in [0.15, 0.2) is 5.13 Å². The highest BCUT2D eigenvalue weighted by Crippen LogP contribution is 2.33. The molecule has 1 aliphatic carbocycles. The summed E-state index contributed by atoms with van der Waals surface area (Å²) in [5.41, 5.74) is 1.93.